The van der Waals surface area contributed by atoms with Crippen molar-refractivity contribution in [2.45, 2.75) is 65.3 Å². The molecule has 1 aliphatic heterocycles. The molecule has 16 heavy (non-hydrogen) atoms. The molecule has 98 valence electrons. The van der Waals surface area contributed by atoms with Crippen LogP contribution in [0.15, 0.2) is 0 Å². The Labute approximate surface area is 101 Å². The summed E-state index contributed by atoms with van der Waals surface area (Å²) in [7, 11) is 0. The maximum atomic E-state index is 13.2. The third kappa shape index (κ3) is 8.05. The first-order chi connectivity index (χ1) is 7.83. The summed E-state index contributed by atoms with van der Waals surface area (Å²) in [4.78, 5) is 0. The van der Waals surface area contributed by atoms with Gasteiger partial charge in [0.05, 0.1) is 0 Å². The standard InChI is InChI=1S/C11H23FN2.C2H6/c1-2-3-9-14(12)10-7-11-6-4-5-8-13-11;1-2/h11,13H,2-10H2,1H3;1-2H3. The van der Waals surface area contributed by atoms with Gasteiger partial charge in [-0.05, 0) is 32.2 Å². The summed E-state index contributed by atoms with van der Waals surface area (Å²) in [5.41, 5.74) is 0. The summed E-state index contributed by atoms with van der Waals surface area (Å²) in [6.07, 6.45) is 6.81. The lowest BCUT2D eigenvalue weighted by atomic mass is 10.0. The molecule has 1 heterocycles. The molecular formula is C13H29FN2. The fourth-order valence-electron chi connectivity index (χ4n) is 1.91. The molecule has 1 saturated heterocycles. The van der Waals surface area contributed by atoms with Gasteiger partial charge in [-0.15, -0.1) is 9.60 Å². The normalized spacial score (nSPS) is 20.4. The van der Waals surface area contributed by atoms with Crippen molar-refractivity contribution in [2.75, 3.05) is 19.6 Å². The molecule has 1 rings (SSSR count). The van der Waals surface area contributed by atoms with E-state index in [2.05, 4.69) is 12.2 Å². The largest absolute Gasteiger partial charge is 0.314 e. The molecule has 0 aromatic rings. The van der Waals surface area contributed by atoms with Crippen molar-refractivity contribution in [3.05, 3.63) is 0 Å². The van der Waals surface area contributed by atoms with Crippen LogP contribution < -0.4 is 5.32 Å². The second kappa shape index (κ2) is 11.3. The molecule has 1 N–H and O–H groups in total. The van der Waals surface area contributed by atoms with E-state index >= 15 is 0 Å². The number of rotatable bonds is 6. The highest BCUT2D eigenvalue weighted by molar-refractivity contribution is 4.72. The smallest absolute Gasteiger partial charge is 0.0305 e. The summed E-state index contributed by atoms with van der Waals surface area (Å²) in [6.45, 7) is 8.41. The van der Waals surface area contributed by atoms with Crippen LogP contribution in [0.1, 0.15) is 59.3 Å². The minimum Gasteiger partial charge on any atom is -0.314 e. The molecule has 0 aromatic heterocycles. The first-order valence-corrected chi connectivity index (χ1v) is 6.97. The van der Waals surface area contributed by atoms with E-state index in [-0.39, 0.29) is 0 Å². The van der Waals surface area contributed by atoms with Gasteiger partial charge in [-0.1, -0.05) is 33.6 Å². The van der Waals surface area contributed by atoms with Crippen LogP contribution in [-0.4, -0.2) is 30.8 Å². The van der Waals surface area contributed by atoms with E-state index in [1.807, 2.05) is 13.8 Å². The van der Waals surface area contributed by atoms with Crippen molar-refractivity contribution in [3.8, 4) is 0 Å². The molecule has 0 bridgehead atoms. The Morgan fingerprint density at radius 2 is 2.00 bits per heavy atom. The first kappa shape index (κ1) is 15.9. The van der Waals surface area contributed by atoms with Crippen LogP contribution in [0.4, 0.5) is 4.48 Å². The Morgan fingerprint density at radius 1 is 1.25 bits per heavy atom. The van der Waals surface area contributed by atoms with Gasteiger partial charge < -0.3 is 5.32 Å². The highest BCUT2D eigenvalue weighted by Gasteiger charge is 2.13. The lowest BCUT2D eigenvalue weighted by Crippen LogP contribution is -2.36. The monoisotopic (exact) mass is 232 g/mol. The quantitative estimate of drug-likeness (QED) is 0.705. The molecule has 1 aliphatic rings. The van der Waals surface area contributed by atoms with Gasteiger partial charge in [0.2, 0.25) is 0 Å². The maximum absolute atomic E-state index is 13.2. The Morgan fingerprint density at radius 3 is 2.56 bits per heavy atom. The highest BCUT2D eigenvalue weighted by atomic mass is 19.2. The van der Waals surface area contributed by atoms with Crippen molar-refractivity contribution in [1.29, 1.82) is 0 Å². The minimum absolute atomic E-state index is 0.559. The SMILES string of the molecule is CC.CCCCN(F)CCC1CCCCN1. The summed E-state index contributed by atoms with van der Waals surface area (Å²) in [5, 5.41) is 4.41. The van der Waals surface area contributed by atoms with Crippen LogP contribution in [0.25, 0.3) is 0 Å². The molecular weight excluding hydrogens is 203 g/mol. The number of hydrogen-bond donors (Lipinski definition) is 1. The zero-order chi connectivity index (χ0) is 12.2. The second-order valence-electron chi connectivity index (χ2n) is 4.20. The average Bonchev–Trinajstić information content (AvgIpc) is 2.37. The fraction of sp³-hybridized carbons (Fsp3) is 1.00. The predicted octanol–water partition coefficient (Wildman–Crippen LogP) is 3.53. The van der Waals surface area contributed by atoms with Crippen LogP contribution in [-0.2, 0) is 0 Å². The maximum Gasteiger partial charge on any atom is 0.0305 e. The fourth-order valence-corrected chi connectivity index (χ4v) is 1.91. The van der Waals surface area contributed by atoms with Crippen LogP contribution in [0.3, 0.4) is 0 Å². The third-order valence-electron chi connectivity index (χ3n) is 2.89. The lowest BCUT2D eigenvalue weighted by Gasteiger charge is -2.24. The second-order valence-corrected chi connectivity index (χ2v) is 4.20. The van der Waals surface area contributed by atoms with Crippen LogP contribution in [0.5, 0.6) is 0 Å². The van der Waals surface area contributed by atoms with Gasteiger partial charge in [0, 0.05) is 19.1 Å². The molecule has 1 unspecified atom stereocenters. The third-order valence-corrected chi connectivity index (χ3v) is 2.89. The van der Waals surface area contributed by atoms with Crippen molar-refractivity contribution < 1.29 is 4.48 Å². The molecule has 0 radical (unpaired) electrons. The molecule has 3 heteroatoms. The van der Waals surface area contributed by atoms with Gasteiger partial charge in [0.25, 0.3) is 0 Å². The Bertz CT molecular complexity index is 136. The van der Waals surface area contributed by atoms with E-state index in [0.717, 1.165) is 30.9 Å². The van der Waals surface area contributed by atoms with Gasteiger partial charge in [0.15, 0.2) is 0 Å². The van der Waals surface area contributed by atoms with Crippen LogP contribution in [0, 0.1) is 0 Å². The van der Waals surface area contributed by atoms with E-state index in [4.69, 9.17) is 0 Å². The summed E-state index contributed by atoms with van der Waals surface area (Å²) < 4.78 is 13.2. The Balaban J connectivity index is 0.00000106. The Hall–Kier alpha value is -0.150. The predicted molar refractivity (Wildman–Crippen MR) is 69.2 cm³/mol. The van der Waals surface area contributed by atoms with Crippen molar-refractivity contribution in [1.82, 2.24) is 10.4 Å². The van der Waals surface area contributed by atoms with Crippen LogP contribution in [0.2, 0.25) is 0 Å². The van der Waals surface area contributed by atoms with Gasteiger partial charge >= 0.3 is 0 Å². The molecule has 0 saturated carbocycles. The summed E-state index contributed by atoms with van der Waals surface area (Å²) in [6, 6.07) is 0.559. The number of nitrogens with one attached hydrogen (secondary N) is 1. The topological polar surface area (TPSA) is 15.3 Å². The lowest BCUT2D eigenvalue weighted by molar-refractivity contribution is 0.0191. The highest BCUT2D eigenvalue weighted by Crippen LogP contribution is 2.10. The van der Waals surface area contributed by atoms with Gasteiger partial charge in [-0.2, -0.15) is 0 Å². The summed E-state index contributed by atoms with van der Waals surface area (Å²) >= 11 is 0. The first-order valence-electron chi connectivity index (χ1n) is 6.97. The molecule has 1 fully saturated rings. The van der Waals surface area contributed by atoms with E-state index in [1.54, 1.807) is 0 Å². The number of piperidine rings is 1. The van der Waals surface area contributed by atoms with Gasteiger partial charge in [-0.3, -0.25) is 0 Å². The number of unbranched alkanes of at least 4 members (excludes halogenated alkanes) is 1. The van der Waals surface area contributed by atoms with Crippen LogP contribution >= 0.6 is 0 Å². The van der Waals surface area contributed by atoms with Crippen molar-refractivity contribution >= 4 is 0 Å². The zero-order valence-electron chi connectivity index (χ0n) is 11.3. The molecule has 0 amide bonds. The average molecular weight is 232 g/mol. The number of halogens is 1. The number of nitrogens with zero attached hydrogens (tertiary/aromatic N) is 1. The van der Waals surface area contributed by atoms with Gasteiger partial charge in [0.1, 0.15) is 0 Å². The van der Waals surface area contributed by atoms with E-state index in [0.29, 0.717) is 19.1 Å². The molecule has 0 aliphatic carbocycles. The minimum atomic E-state index is 0.559. The molecule has 0 spiro atoms. The molecule has 1 atom stereocenters. The molecule has 0 aromatic carbocycles. The van der Waals surface area contributed by atoms with Crippen molar-refractivity contribution in [2.24, 2.45) is 0 Å². The summed E-state index contributed by atoms with van der Waals surface area (Å²) in [5.74, 6) is 0. The zero-order valence-corrected chi connectivity index (χ0v) is 11.3. The number of hydrogen-bond acceptors (Lipinski definition) is 2. The van der Waals surface area contributed by atoms with Gasteiger partial charge in [-0.25, -0.2) is 0 Å². The van der Waals surface area contributed by atoms with Crippen molar-refractivity contribution in [3.63, 3.8) is 0 Å². The van der Waals surface area contributed by atoms with E-state index in [9.17, 15) is 4.48 Å². The van der Waals surface area contributed by atoms with E-state index < -0.39 is 0 Å². The Kier molecular flexibility index (Phi) is 11.2. The van der Waals surface area contributed by atoms with E-state index in [1.165, 1.54) is 19.3 Å². The molecule has 2 nitrogen and oxygen atoms in total.